The summed E-state index contributed by atoms with van der Waals surface area (Å²) in [7, 11) is 0. The Bertz CT molecular complexity index is 2080. The minimum absolute atomic E-state index is 0.0481. The number of hydrogen-bond acceptors (Lipinski definition) is 24. The fraction of sp³-hybridized carbons (Fsp3) is 0.182. The van der Waals surface area contributed by atoms with Gasteiger partial charge in [0.1, 0.15) is 0 Å². The van der Waals surface area contributed by atoms with Crippen molar-refractivity contribution in [3.8, 4) is 0 Å². The number of carbonyl (C=O) groups is 12. The second-order valence-electron chi connectivity index (χ2n) is 11.5. The molecular formula is C44H42O24. The van der Waals surface area contributed by atoms with Crippen LogP contribution in [0, 0.1) is 0 Å². The van der Waals surface area contributed by atoms with Gasteiger partial charge in [-0.25, -0.2) is 57.5 Å². The summed E-state index contributed by atoms with van der Waals surface area (Å²) in [6, 6.07) is 0. The average Bonchev–Trinajstić information content (AvgIpc) is 3.33. The largest absolute Gasteiger partial charge is 0.516 e. The second kappa shape index (κ2) is 25.7. The highest BCUT2D eigenvalue weighted by molar-refractivity contribution is 5.91. The van der Waals surface area contributed by atoms with Crippen LogP contribution in [0.25, 0.3) is 0 Å². The van der Waals surface area contributed by atoms with Crippen molar-refractivity contribution in [1.29, 1.82) is 0 Å². The van der Waals surface area contributed by atoms with Gasteiger partial charge in [0.2, 0.25) is 0 Å². The Morgan fingerprint density at radius 3 is 0.750 bits per heavy atom. The number of rotatable bonds is 30. The zero-order valence-corrected chi connectivity index (χ0v) is 36.0. The SMILES string of the molecule is C=CC(=O)OC(CC)C(OC(=O)C=C)(OC(=O)C=C)C(OC(=O)C=C)(OC(=O)C=C)C(OC(=O)C=C)(OC(=O)C=C)C(OC(=O)C=C)(OC(=O)C=C)C(OC(=O)C=C)(OC(=O)C=C)OC(=O)C=C. The van der Waals surface area contributed by atoms with Crippen LogP contribution in [0.1, 0.15) is 13.3 Å². The van der Waals surface area contributed by atoms with Crippen LogP contribution in [-0.2, 0) is 114 Å². The zero-order chi connectivity index (χ0) is 52.7. The van der Waals surface area contributed by atoms with Crippen LogP contribution in [0.3, 0.4) is 0 Å². The first-order chi connectivity index (χ1) is 31.9. The van der Waals surface area contributed by atoms with E-state index < -0.39 is 113 Å². The molecule has 0 aliphatic carbocycles. The van der Waals surface area contributed by atoms with E-state index in [1.807, 2.05) is 0 Å². The highest BCUT2D eigenvalue weighted by atomic mass is 17.0. The fourth-order valence-corrected chi connectivity index (χ4v) is 4.90. The second-order valence-corrected chi connectivity index (χ2v) is 11.5. The van der Waals surface area contributed by atoms with Gasteiger partial charge < -0.3 is 56.8 Å². The van der Waals surface area contributed by atoms with Crippen LogP contribution in [0.5, 0.6) is 0 Å². The van der Waals surface area contributed by atoms with E-state index >= 15 is 0 Å². The van der Waals surface area contributed by atoms with Crippen LogP contribution in [0.15, 0.2) is 152 Å². The predicted molar refractivity (Wildman–Crippen MR) is 223 cm³/mol. The molecule has 0 saturated carbocycles. The van der Waals surface area contributed by atoms with Crippen molar-refractivity contribution < 1.29 is 114 Å². The fourth-order valence-electron chi connectivity index (χ4n) is 4.90. The van der Waals surface area contributed by atoms with Gasteiger partial charge in [-0.2, -0.15) is 0 Å². The van der Waals surface area contributed by atoms with Crippen molar-refractivity contribution >= 4 is 71.6 Å². The van der Waals surface area contributed by atoms with E-state index in [2.05, 4.69) is 78.9 Å². The summed E-state index contributed by atoms with van der Waals surface area (Å²) >= 11 is 0. The molecule has 0 heterocycles. The van der Waals surface area contributed by atoms with E-state index in [0.29, 0.717) is 6.08 Å². The third-order valence-corrected chi connectivity index (χ3v) is 7.46. The topological polar surface area (TPSA) is 316 Å². The summed E-state index contributed by atoms with van der Waals surface area (Å²) in [5.74, 6) is -50.8. The molecule has 0 radical (unpaired) electrons. The van der Waals surface area contributed by atoms with E-state index in [-0.39, 0.29) is 66.8 Å². The molecule has 0 N–H and O–H groups in total. The van der Waals surface area contributed by atoms with Crippen LogP contribution in [-0.4, -0.2) is 107 Å². The monoisotopic (exact) mass is 954 g/mol. The Balaban J connectivity index is 12.0. The normalized spacial score (nSPS) is 11.2. The molecule has 0 aromatic carbocycles. The molecule has 24 heteroatoms. The van der Waals surface area contributed by atoms with Crippen LogP contribution < -0.4 is 0 Å². The molecule has 68 heavy (non-hydrogen) atoms. The van der Waals surface area contributed by atoms with E-state index in [1.165, 1.54) is 0 Å². The van der Waals surface area contributed by atoms with Crippen molar-refractivity contribution in [3.63, 3.8) is 0 Å². The van der Waals surface area contributed by atoms with Crippen molar-refractivity contribution in [2.45, 2.75) is 48.6 Å². The molecule has 24 nitrogen and oxygen atoms in total. The lowest BCUT2D eigenvalue weighted by Crippen LogP contribution is -2.89. The van der Waals surface area contributed by atoms with Gasteiger partial charge in [-0.3, -0.25) is 0 Å². The van der Waals surface area contributed by atoms with E-state index in [0.717, 1.165) is 6.92 Å². The highest BCUT2D eigenvalue weighted by Gasteiger charge is 2.98. The maximum Gasteiger partial charge on any atom is 0.516 e. The molecule has 0 spiro atoms. The first kappa shape index (κ1) is 58.5. The number of hydrogen-bond donors (Lipinski definition) is 0. The molecule has 0 rings (SSSR count). The number of carbonyl (C=O) groups excluding carboxylic acids is 12. The summed E-state index contributed by atoms with van der Waals surface area (Å²) in [5.41, 5.74) is 0. The van der Waals surface area contributed by atoms with Gasteiger partial charge in [-0.05, 0) is 6.42 Å². The lowest BCUT2D eigenvalue weighted by molar-refractivity contribution is -0.551. The average molecular weight is 955 g/mol. The van der Waals surface area contributed by atoms with E-state index in [1.54, 1.807) is 0 Å². The molecule has 0 amide bonds. The molecular weight excluding hydrogens is 912 g/mol. The predicted octanol–water partition coefficient (Wildman–Crippen LogP) is 1.95. The Morgan fingerprint density at radius 1 is 0.309 bits per heavy atom. The standard InChI is InChI=1S/C44H42O24/c1-14-27(57-28(45)15-2)40(58-29(46)16-3,59-30(47)17-4)41(60-31(48)18-5,61-32(49)19-6)42(62-33(50)20-7,63-34(51)21-8)43(64-35(52)22-9,65-36(53)23-10)44(66-37(54)24-11,67-38(55)25-12)68-39(56)26-13/h15-27H,2-14H2,1H3. The van der Waals surface area contributed by atoms with Crippen molar-refractivity contribution in [1.82, 2.24) is 0 Å². The van der Waals surface area contributed by atoms with Gasteiger partial charge in [0.15, 0.2) is 6.10 Å². The summed E-state index contributed by atoms with van der Waals surface area (Å²) in [5, 5.41) is 0. The lowest BCUT2D eigenvalue weighted by atomic mass is 9.81. The molecule has 0 bridgehead atoms. The molecule has 0 aromatic heterocycles. The van der Waals surface area contributed by atoms with Crippen molar-refractivity contribution in [2.24, 2.45) is 0 Å². The molecule has 362 valence electrons. The van der Waals surface area contributed by atoms with E-state index in [9.17, 15) is 57.5 Å². The molecule has 0 fully saturated rings. The number of ether oxygens (including phenoxy) is 12. The third-order valence-electron chi connectivity index (χ3n) is 7.46. The van der Waals surface area contributed by atoms with Gasteiger partial charge in [0.25, 0.3) is 0 Å². The minimum atomic E-state index is -5.42. The van der Waals surface area contributed by atoms with Crippen molar-refractivity contribution in [2.75, 3.05) is 0 Å². The quantitative estimate of drug-likeness (QED) is 0.0430. The Labute approximate surface area is 385 Å². The molecule has 0 aromatic rings. The van der Waals surface area contributed by atoms with Gasteiger partial charge in [0.05, 0.1) is 0 Å². The van der Waals surface area contributed by atoms with E-state index in [4.69, 9.17) is 56.8 Å². The smallest absolute Gasteiger partial charge is 0.451 e. The van der Waals surface area contributed by atoms with Crippen LogP contribution in [0.4, 0.5) is 0 Å². The summed E-state index contributed by atoms with van der Waals surface area (Å²) in [4.78, 5) is 167. The molecule has 1 atom stereocenters. The summed E-state index contributed by atoms with van der Waals surface area (Å²) in [6.07, 6.45) is -2.45. The molecule has 1 unspecified atom stereocenters. The zero-order valence-electron chi connectivity index (χ0n) is 36.0. The molecule has 0 aliphatic heterocycles. The first-order valence-corrected chi connectivity index (χ1v) is 18.1. The third kappa shape index (κ3) is 12.6. The first-order valence-electron chi connectivity index (χ1n) is 18.1. The molecule has 0 saturated heterocycles. The summed E-state index contributed by atoms with van der Waals surface area (Å²) in [6.45, 7) is 38.7. The van der Waals surface area contributed by atoms with Gasteiger partial charge >= 0.3 is 101 Å². The molecule has 0 aliphatic rings. The van der Waals surface area contributed by atoms with Crippen LogP contribution in [0.2, 0.25) is 0 Å². The highest BCUT2D eigenvalue weighted by Crippen LogP contribution is 2.58. The van der Waals surface area contributed by atoms with Crippen LogP contribution >= 0.6 is 0 Å². The maximum absolute atomic E-state index is 14.2. The Kier molecular flexibility index (Phi) is 22.1. The Morgan fingerprint density at radius 2 is 0.515 bits per heavy atom. The number of esters is 12. The minimum Gasteiger partial charge on any atom is -0.451 e. The maximum atomic E-state index is 14.2. The van der Waals surface area contributed by atoms with Crippen molar-refractivity contribution in [3.05, 3.63) is 152 Å². The lowest BCUT2D eigenvalue weighted by Gasteiger charge is -2.57. The summed E-state index contributed by atoms with van der Waals surface area (Å²) < 4.78 is 65.1. The van der Waals surface area contributed by atoms with Gasteiger partial charge in [0, 0.05) is 72.9 Å². The van der Waals surface area contributed by atoms with Gasteiger partial charge in [-0.15, -0.1) is 0 Å². The Hall–Kier alpha value is -9.48. The van der Waals surface area contributed by atoms with Gasteiger partial charge in [-0.1, -0.05) is 85.9 Å².